The number of rotatable bonds is 7. The number of hydrogen-bond donors (Lipinski definition) is 1. The third kappa shape index (κ3) is 4.69. The van der Waals surface area contributed by atoms with Gasteiger partial charge in [0.25, 0.3) is 11.6 Å². The smallest absolute Gasteiger partial charge is 0.296 e. The first kappa shape index (κ1) is 19.4. The molecule has 28 heavy (non-hydrogen) atoms. The van der Waals surface area contributed by atoms with Crippen molar-refractivity contribution in [2.75, 3.05) is 12.4 Å². The van der Waals surface area contributed by atoms with E-state index < -0.39 is 10.8 Å². The molecule has 0 aliphatic carbocycles. The summed E-state index contributed by atoms with van der Waals surface area (Å²) in [7, 11) is 1.43. The minimum Gasteiger partial charge on any atom is -0.496 e. The molecule has 0 aromatic heterocycles. The van der Waals surface area contributed by atoms with Crippen molar-refractivity contribution in [2.45, 2.75) is 10.6 Å². The van der Waals surface area contributed by atoms with Crippen LogP contribution in [0.3, 0.4) is 0 Å². The molecule has 0 unspecified atom stereocenters. The van der Waals surface area contributed by atoms with Crippen molar-refractivity contribution < 1.29 is 14.5 Å². The van der Waals surface area contributed by atoms with Crippen LogP contribution >= 0.6 is 11.8 Å². The zero-order valence-electron chi connectivity index (χ0n) is 15.1. The van der Waals surface area contributed by atoms with Crippen LogP contribution in [0.15, 0.2) is 77.7 Å². The Kier molecular flexibility index (Phi) is 6.29. The molecule has 0 heterocycles. The second-order valence-corrected chi connectivity index (χ2v) is 6.88. The highest BCUT2D eigenvalue weighted by Crippen LogP contribution is 2.31. The van der Waals surface area contributed by atoms with Crippen molar-refractivity contribution in [2.24, 2.45) is 0 Å². The third-order valence-corrected chi connectivity index (χ3v) is 5.16. The number of nitrogens with one attached hydrogen (secondary N) is 1. The van der Waals surface area contributed by atoms with Crippen LogP contribution in [-0.2, 0) is 5.75 Å². The van der Waals surface area contributed by atoms with E-state index in [0.717, 1.165) is 10.5 Å². The van der Waals surface area contributed by atoms with Crippen LogP contribution < -0.4 is 10.1 Å². The first-order chi connectivity index (χ1) is 13.6. The standard InChI is InChI=1S/C21H18N2O4S/c1-27-16-11-12-18(19(13-16)23(25)26)22-21(24)17-9-5-6-10-20(17)28-14-15-7-3-2-4-8-15/h2-13H,14H2,1H3,(H,22,24). The molecule has 3 rings (SSSR count). The molecular weight excluding hydrogens is 376 g/mol. The summed E-state index contributed by atoms with van der Waals surface area (Å²) >= 11 is 1.54. The Morgan fingerprint density at radius 2 is 1.79 bits per heavy atom. The average Bonchev–Trinajstić information content (AvgIpc) is 2.73. The molecule has 7 heteroatoms. The zero-order valence-corrected chi connectivity index (χ0v) is 15.9. The van der Waals surface area contributed by atoms with Crippen molar-refractivity contribution in [3.05, 3.63) is 94.0 Å². The summed E-state index contributed by atoms with van der Waals surface area (Å²) in [6, 6.07) is 21.5. The van der Waals surface area contributed by atoms with Gasteiger partial charge in [-0.25, -0.2) is 0 Å². The molecule has 0 saturated heterocycles. The van der Waals surface area contributed by atoms with Gasteiger partial charge in [0.2, 0.25) is 0 Å². The van der Waals surface area contributed by atoms with E-state index in [1.165, 1.54) is 19.2 Å². The highest BCUT2D eigenvalue weighted by molar-refractivity contribution is 7.98. The number of amides is 1. The van der Waals surface area contributed by atoms with Crippen molar-refractivity contribution in [3.63, 3.8) is 0 Å². The average molecular weight is 394 g/mol. The van der Waals surface area contributed by atoms with E-state index in [2.05, 4.69) is 5.32 Å². The summed E-state index contributed by atoms with van der Waals surface area (Å²) < 4.78 is 5.02. The molecule has 142 valence electrons. The van der Waals surface area contributed by atoms with Gasteiger partial charge >= 0.3 is 0 Å². The largest absolute Gasteiger partial charge is 0.496 e. The van der Waals surface area contributed by atoms with E-state index >= 15 is 0 Å². The maximum Gasteiger partial charge on any atom is 0.296 e. The molecule has 0 fully saturated rings. The lowest BCUT2D eigenvalue weighted by molar-refractivity contribution is -0.384. The first-order valence-electron chi connectivity index (χ1n) is 8.48. The third-order valence-electron chi connectivity index (χ3n) is 4.02. The van der Waals surface area contributed by atoms with Crippen molar-refractivity contribution in [1.82, 2.24) is 0 Å². The number of hydrogen-bond acceptors (Lipinski definition) is 5. The Morgan fingerprint density at radius 3 is 2.50 bits per heavy atom. The van der Waals surface area contributed by atoms with Gasteiger partial charge in [0.05, 0.1) is 23.7 Å². The van der Waals surface area contributed by atoms with Gasteiger partial charge < -0.3 is 10.1 Å². The topological polar surface area (TPSA) is 81.5 Å². The number of nitrogens with zero attached hydrogens (tertiary/aromatic N) is 1. The number of methoxy groups -OCH3 is 1. The van der Waals surface area contributed by atoms with E-state index in [1.807, 2.05) is 42.5 Å². The monoisotopic (exact) mass is 394 g/mol. The molecule has 1 amide bonds. The number of carbonyl (C=O) groups is 1. The van der Waals surface area contributed by atoms with Crippen molar-refractivity contribution in [1.29, 1.82) is 0 Å². The maximum atomic E-state index is 12.8. The minimum absolute atomic E-state index is 0.124. The van der Waals surface area contributed by atoms with Gasteiger partial charge in [-0.3, -0.25) is 14.9 Å². The summed E-state index contributed by atoms with van der Waals surface area (Å²) in [6.45, 7) is 0. The predicted molar refractivity (Wildman–Crippen MR) is 110 cm³/mol. The molecule has 0 atom stereocenters. The lowest BCUT2D eigenvalue weighted by Gasteiger charge is -2.11. The van der Waals surface area contributed by atoms with Crippen molar-refractivity contribution >= 4 is 29.0 Å². The number of anilines is 1. The Morgan fingerprint density at radius 1 is 1.07 bits per heavy atom. The number of benzene rings is 3. The van der Waals surface area contributed by atoms with Crippen LogP contribution in [0.2, 0.25) is 0 Å². The van der Waals surface area contributed by atoms with Gasteiger partial charge in [-0.1, -0.05) is 42.5 Å². The van der Waals surface area contributed by atoms with E-state index in [0.29, 0.717) is 17.1 Å². The number of nitro groups is 1. The van der Waals surface area contributed by atoms with E-state index in [1.54, 1.807) is 30.0 Å². The Bertz CT molecular complexity index is 993. The van der Waals surface area contributed by atoms with Gasteiger partial charge in [-0.05, 0) is 29.8 Å². The van der Waals surface area contributed by atoms with Crippen LogP contribution in [0.5, 0.6) is 5.75 Å². The summed E-state index contributed by atoms with van der Waals surface area (Å²) in [5.41, 5.74) is 1.52. The Balaban J connectivity index is 1.81. The van der Waals surface area contributed by atoms with Crippen LogP contribution in [0, 0.1) is 10.1 Å². The van der Waals surface area contributed by atoms with E-state index in [-0.39, 0.29) is 11.4 Å². The number of nitro benzene ring substituents is 1. The molecule has 0 bridgehead atoms. The molecule has 0 aliphatic heterocycles. The Labute approximate surface area is 166 Å². The molecule has 3 aromatic carbocycles. The first-order valence-corrected chi connectivity index (χ1v) is 9.46. The fraction of sp³-hybridized carbons (Fsp3) is 0.0952. The van der Waals surface area contributed by atoms with Gasteiger partial charge in [-0.2, -0.15) is 0 Å². The maximum absolute atomic E-state index is 12.8. The van der Waals surface area contributed by atoms with Crippen LogP contribution in [0.1, 0.15) is 15.9 Å². The van der Waals surface area contributed by atoms with Gasteiger partial charge in [0, 0.05) is 10.6 Å². The second kappa shape index (κ2) is 9.05. The Hall–Kier alpha value is -3.32. The lowest BCUT2D eigenvalue weighted by Crippen LogP contribution is -2.14. The van der Waals surface area contributed by atoms with Crippen LogP contribution in [0.25, 0.3) is 0 Å². The van der Waals surface area contributed by atoms with Gasteiger partial charge in [0.1, 0.15) is 11.4 Å². The predicted octanol–water partition coefficient (Wildman–Crippen LogP) is 5.15. The SMILES string of the molecule is COc1ccc(NC(=O)c2ccccc2SCc2ccccc2)c([N+](=O)[O-])c1. The molecule has 0 saturated carbocycles. The number of ether oxygens (including phenoxy) is 1. The normalized spacial score (nSPS) is 10.3. The number of carbonyl (C=O) groups excluding carboxylic acids is 1. The second-order valence-electron chi connectivity index (χ2n) is 5.86. The summed E-state index contributed by atoms with van der Waals surface area (Å²) in [4.78, 5) is 24.4. The van der Waals surface area contributed by atoms with E-state index in [4.69, 9.17) is 4.74 Å². The zero-order chi connectivity index (χ0) is 19.9. The van der Waals surface area contributed by atoms with Crippen molar-refractivity contribution in [3.8, 4) is 5.75 Å². The quantitative estimate of drug-likeness (QED) is 0.340. The summed E-state index contributed by atoms with van der Waals surface area (Å²) in [5.74, 6) is 0.668. The summed E-state index contributed by atoms with van der Waals surface area (Å²) in [6.07, 6.45) is 0. The summed E-state index contributed by atoms with van der Waals surface area (Å²) in [5, 5.41) is 14.0. The molecule has 0 spiro atoms. The molecule has 0 radical (unpaired) electrons. The molecular formula is C21H18N2O4S. The van der Waals surface area contributed by atoms with Gasteiger partial charge in [-0.15, -0.1) is 11.8 Å². The fourth-order valence-corrected chi connectivity index (χ4v) is 3.61. The van der Waals surface area contributed by atoms with Gasteiger partial charge in [0.15, 0.2) is 0 Å². The highest BCUT2D eigenvalue weighted by atomic mass is 32.2. The van der Waals surface area contributed by atoms with Crippen LogP contribution in [0.4, 0.5) is 11.4 Å². The molecule has 0 aliphatic rings. The fourth-order valence-electron chi connectivity index (χ4n) is 2.60. The molecule has 6 nitrogen and oxygen atoms in total. The number of thioether (sulfide) groups is 1. The highest BCUT2D eigenvalue weighted by Gasteiger charge is 2.19. The van der Waals surface area contributed by atoms with Crippen LogP contribution in [-0.4, -0.2) is 17.9 Å². The molecule has 3 aromatic rings. The molecule has 1 N–H and O–H groups in total. The lowest BCUT2D eigenvalue weighted by atomic mass is 10.2. The van der Waals surface area contributed by atoms with E-state index in [9.17, 15) is 14.9 Å². The minimum atomic E-state index is -0.547.